The molecule has 1 aliphatic heterocycles. The Morgan fingerprint density at radius 3 is 2.22 bits per heavy atom. The monoisotopic (exact) mass is 337 g/mol. The number of carbonyl (C=O) groups is 1. The van der Waals surface area contributed by atoms with Gasteiger partial charge in [-0.05, 0) is 30.5 Å². The quantitative estimate of drug-likeness (QED) is 0.866. The van der Waals surface area contributed by atoms with Gasteiger partial charge in [0.1, 0.15) is 0 Å². The van der Waals surface area contributed by atoms with Gasteiger partial charge in [0.2, 0.25) is 5.91 Å². The van der Waals surface area contributed by atoms with E-state index < -0.39 is 0 Å². The fourth-order valence-electron chi connectivity index (χ4n) is 2.62. The molecule has 1 aromatic rings. The van der Waals surface area contributed by atoms with E-state index >= 15 is 0 Å². The number of halogens is 1. The maximum atomic E-state index is 12.1. The standard InChI is InChI=1S/C18H28ClN3O/c1-14(2)15(3)20-18(23)13-22-10-8-21(9-11-22)12-16-4-6-17(19)7-5-16/h4-7,14-15H,8-13H2,1-3H3,(H,20,23)/t15-/m0/s1. The van der Waals surface area contributed by atoms with Crippen molar-refractivity contribution < 1.29 is 4.79 Å². The van der Waals surface area contributed by atoms with E-state index in [1.807, 2.05) is 12.1 Å². The molecule has 0 bridgehead atoms. The lowest BCUT2D eigenvalue weighted by Gasteiger charge is -2.34. The average molecular weight is 338 g/mol. The molecular formula is C18H28ClN3O. The van der Waals surface area contributed by atoms with Crippen molar-refractivity contribution in [2.45, 2.75) is 33.4 Å². The van der Waals surface area contributed by atoms with Crippen molar-refractivity contribution >= 4 is 17.5 Å². The van der Waals surface area contributed by atoms with Crippen molar-refractivity contribution in [2.75, 3.05) is 32.7 Å². The molecule has 128 valence electrons. The zero-order valence-corrected chi connectivity index (χ0v) is 15.1. The number of carbonyl (C=O) groups excluding carboxylic acids is 1. The van der Waals surface area contributed by atoms with Crippen molar-refractivity contribution in [3.05, 3.63) is 34.9 Å². The number of benzene rings is 1. The Morgan fingerprint density at radius 2 is 1.65 bits per heavy atom. The number of amides is 1. The van der Waals surface area contributed by atoms with Crippen molar-refractivity contribution in [3.63, 3.8) is 0 Å². The van der Waals surface area contributed by atoms with Crippen LogP contribution >= 0.6 is 11.6 Å². The van der Waals surface area contributed by atoms with Gasteiger partial charge in [-0.2, -0.15) is 0 Å². The molecule has 1 fully saturated rings. The summed E-state index contributed by atoms with van der Waals surface area (Å²) in [5.41, 5.74) is 1.28. The Hall–Kier alpha value is -1.10. The van der Waals surface area contributed by atoms with E-state index in [0.29, 0.717) is 12.5 Å². The first-order valence-electron chi connectivity index (χ1n) is 8.42. The largest absolute Gasteiger partial charge is 0.352 e. The molecule has 1 heterocycles. The lowest BCUT2D eigenvalue weighted by molar-refractivity contribution is -0.123. The fourth-order valence-corrected chi connectivity index (χ4v) is 2.75. The third-order valence-corrected chi connectivity index (χ3v) is 4.79. The first kappa shape index (κ1) is 18.2. The molecule has 0 radical (unpaired) electrons. The Kier molecular flexibility index (Phi) is 6.88. The van der Waals surface area contributed by atoms with Crippen LogP contribution in [0.3, 0.4) is 0 Å². The summed E-state index contributed by atoms with van der Waals surface area (Å²) in [5, 5.41) is 3.85. The second-order valence-electron chi connectivity index (χ2n) is 6.78. The number of rotatable bonds is 6. The Morgan fingerprint density at radius 1 is 1.09 bits per heavy atom. The van der Waals surface area contributed by atoms with Crippen LogP contribution in [-0.2, 0) is 11.3 Å². The van der Waals surface area contributed by atoms with Gasteiger partial charge in [-0.15, -0.1) is 0 Å². The van der Waals surface area contributed by atoms with Gasteiger partial charge in [0.25, 0.3) is 0 Å². The van der Waals surface area contributed by atoms with E-state index in [1.165, 1.54) is 5.56 Å². The van der Waals surface area contributed by atoms with Gasteiger partial charge in [-0.1, -0.05) is 37.6 Å². The van der Waals surface area contributed by atoms with Crippen molar-refractivity contribution in [1.82, 2.24) is 15.1 Å². The van der Waals surface area contributed by atoms with E-state index in [9.17, 15) is 4.79 Å². The van der Waals surface area contributed by atoms with Gasteiger partial charge in [0, 0.05) is 43.8 Å². The van der Waals surface area contributed by atoms with Gasteiger partial charge in [-0.3, -0.25) is 14.6 Å². The molecule has 5 heteroatoms. The summed E-state index contributed by atoms with van der Waals surface area (Å²) in [6.45, 7) is 11.6. The molecule has 1 saturated heterocycles. The highest BCUT2D eigenvalue weighted by atomic mass is 35.5. The summed E-state index contributed by atoms with van der Waals surface area (Å²) in [5.74, 6) is 0.604. The molecule has 0 unspecified atom stereocenters. The van der Waals surface area contributed by atoms with Crippen molar-refractivity contribution in [1.29, 1.82) is 0 Å². The molecule has 1 aromatic carbocycles. The van der Waals surface area contributed by atoms with Gasteiger partial charge in [-0.25, -0.2) is 0 Å². The van der Waals surface area contributed by atoms with E-state index in [2.05, 4.69) is 48.0 Å². The number of nitrogens with one attached hydrogen (secondary N) is 1. The van der Waals surface area contributed by atoms with Gasteiger partial charge < -0.3 is 5.32 Å². The molecular weight excluding hydrogens is 310 g/mol. The highest BCUT2D eigenvalue weighted by molar-refractivity contribution is 6.30. The second-order valence-corrected chi connectivity index (χ2v) is 7.22. The molecule has 0 aromatic heterocycles. The minimum Gasteiger partial charge on any atom is -0.352 e. The molecule has 1 atom stereocenters. The lowest BCUT2D eigenvalue weighted by atomic mass is 10.1. The average Bonchev–Trinajstić information content (AvgIpc) is 2.51. The highest BCUT2D eigenvalue weighted by Crippen LogP contribution is 2.13. The normalized spacial score (nSPS) is 18.1. The third kappa shape index (κ3) is 6.13. The summed E-state index contributed by atoms with van der Waals surface area (Å²) in [6.07, 6.45) is 0. The van der Waals surface area contributed by atoms with Crippen LogP contribution in [0.4, 0.5) is 0 Å². The van der Waals surface area contributed by atoms with E-state index in [4.69, 9.17) is 11.6 Å². The Balaban J connectivity index is 1.71. The number of hydrogen-bond acceptors (Lipinski definition) is 3. The first-order valence-corrected chi connectivity index (χ1v) is 8.80. The van der Waals surface area contributed by atoms with Crippen LogP contribution in [0.25, 0.3) is 0 Å². The molecule has 1 amide bonds. The summed E-state index contributed by atoms with van der Waals surface area (Å²) in [7, 11) is 0. The van der Waals surface area contributed by atoms with Crippen LogP contribution < -0.4 is 5.32 Å². The SMILES string of the molecule is CC(C)[C@H](C)NC(=O)CN1CCN(Cc2ccc(Cl)cc2)CC1. The van der Waals surface area contributed by atoms with E-state index in [-0.39, 0.29) is 11.9 Å². The van der Waals surface area contributed by atoms with Crippen LogP contribution in [0.15, 0.2) is 24.3 Å². The van der Waals surface area contributed by atoms with E-state index in [0.717, 1.165) is 37.7 Å². The summed E-state index contributed by atoms with van der Waals surface area (Å²) in [4.78, 5) is 16.7. The number of hydrogen-bond donors (Lipinski definition) is 1. The van der Waals surface area contributed by atoms with Crippen molar-refractivity contribution in [2.24, 2.45) is 5.92 Å². The van der Waals surface area contributed by atoms with Gasteiger partial charge in [0.15, 0.2) is 0 Å². The molecule has 0 aliphatic carbocycles. The second kappa shape index (κ2) is 8.67. The molecule has 23 heavy (non-hydrogen) atoms. The van der Waals surface area contributed by atoms with Crippen LogP contribution in [-0.4, -0.2) is 54.5 Å². The Labute approximate surface area is 144 Å². The fraction of sp³-hybridized carbons (Fsp3) is 0.611. The maximum absolute atomic E-state index is 12.1. The van der Waals surface area contributed by atoms with Crippen molar-refractivity contribution in [3.8, 4) is 0 Å². The van der Waals surface area contributed by atoms with E-state index in [1.54, 1.807) is 0 Å². The minimum absolute atomic E-state index is 0.136. The summed E-state index contributed by atoms with van der Waals surface area (Å²) >= 11 is 5.92. The predicted octanol–water partition coefficient (Wildman–Crippen LogP) is 2.62. The van der Waals surface area contributed by atoms with Gasteiger partial charge >= 0.3 is 0 Å². The van der Waals surface area contributed by atoms with Crippen LogP contribution in [0, 0.1) is 5.92 Å². The zero-order chi connectivity index (χ0) is 16.8. The molecule has 0 spiro atoms. The number of nitrogens with zero attached hydrogens (tertiary/aromatic N) is 2. The minimum atomic E-state index is 0.136. The first-order chi connectivity index (χ1) is 10.9. The zero-order valence-electron chi connectivity index (χ0n) is 14.4. The van der Waals surface area contributed by atoms with Crippen LogP contribution in [0.5, 0.6) is 0 Å². The van der Waals surface area contributed by atoms with Crippen LogP contribution in [0.1, 0.15) is 26.3 Å². The molecule has 4 nitrogen and oxygen atoms in total. The predicted molar refractivity (Wildman–Crippen MR) is 95.6 cm³/mol. The molecule has 1 aliphatic rings. The smallest absolute Gasteiger partial charge is 0.234 e. The van der Waals surface area contributed by atoms with Gasteiger partial charge in [0.05, 0.1) is 6.54 Å². The number of piperazine rings is 1. The topological polar surface area (TPSA) is 35.6 Å². The van der Waals surface area contributed by atoms with Crippen LogP contribution in [0.2, 0.25) is 5.02 Å². The molecule has 0 saturated carbocycles. The summed E-state index contributed by atoms with van der Waals surface area (Å²) in [6, 6.07) is 8.26. The lowest BCUT2D eigenvalue weighted by Crippen LogP contribution is -2.50. The maximum Gasteiger partial charge on any atom is 0.234 e. The summed E-state index contributed by atoms with van der Waals surface area (Å²) < 4.78 is 0. The molecule has 1 N–H and O–H groups in total. The molecule has 2 rings (SSSR count). The highest BCUT2D eigenvalue weighted by Gasteiger charge is 2.20. The Bertz CT molecular complexity index is 495. The third-order valence-electron chi connectivity index (χ3n) is 4.54.